The third kappa shape index (κ3) is 5.20. The Morgan fingerprint density at radius 2 is 1.85 bits per heavy atom. The van der Waals surface area contributed by atoms with Gasteiger partial charge in [-0.15, -0.1) is 0 Å². The van der Waals surface area contributed by atoms with Crippen molar-refractivity contribution >= 4 is 39.1 Å². The minimum atomic E-state index is -0.348. The maximum atomic E-state index is 11.9. The van der Waals surface area contributed by atoms with Gasteiger partial charge < -0.3 is 14.6 Å². The molecular weight excluding hydrogens is 440 g/mol. The Kier molecular flexibility index (Phi) is 6.99. The number of H-pyrrole nitrogens is 1. The maximum absolute atomic E-state index is 11.9. The summed E-state index contributed by atoms with van der Waals surface area (Å²) in [5, 5.41) is 6.29. The predicted octanol–water partition coefficient (Wildman–Crippen LogP) is 4.88. The van der Waals surface area contributed by atoms with E-state index in [-0.39, 0.29) is 11.2 Å². The number of fused-ring (bicyclic) bond motifs is 2. The van der Waals surface area contributed by atoms with Gasteiger partial charge in [0.1, 0.15) is 5.75 Å². The van der Waals surface area contributed by atoms with E-state index in [1.54, 1.807) is 24.8 Å². The number of anilines is 1. The molecule has 2 heterocycles. The van der Waals surface area contributed by atoms with Crippen molar-refractivity contribution in [3.8, 4) is 5.75 Å². The molecule has 0 fully saturated rings. The van der Waals surface area contributed by atoms with Crippen LogP contribution in [0.4, 0.5) is 5.69 Å². The SMILES string of the molecule is COc1ccc2nc3cc(Cl)ccc3c(NCCCCCCn3cc(C)c(=O)[nH]c3=O)c2c1. The lowest BCUT2D eigenvalue weighted by Gasteiger charge is -2.14. The van der Waals surface area contributed by atoms with Gasteiger partial charge in [-0.2, -0.15) is 0 Å². The van der Waals surface area contributed by atoms with E-state index < -0.39 is 0 Å². The fourth-order valence-electron chi connectivity index (χ4n) is 3.97. The van der Waals surface area contributed by atoms with E-state index in [1.165, 1.54) is 0 Å². The summed E-state index contributed by atoms with van der Waals surface area (Å²) in [4.78, 5) is 30.5. The number of hydrogen-bond donors (Lipinski definition) is 2. The van der Waals surface area contributed by atoms with Crippen molar-refractivity contribution in [1.29, 1.82) is 0 Å². The first-order valence-corrected chi connectivity index (χ1v) is 11.5. The van der Waals surface area contributed by atoms with E-state index in [4.69, 9.17) is 21.3 Å². The molecule has 0 atom stereocenters. The number of benzene rings is 2. The fraction of sp³-hybridized carbons (Fsp3) is 0.320. The number of aryl methyl sites for hydroxylation is 2. The maximum Gasteiger partial charge on any atom is 0.328 e. The molecule has 2 N–H and O–H groups in total. The van der Waals surface area contributed by atoms with Crippen LogP contribution in [0.3, 0.4) is 0 Å². The lowest BCUT2D eigenvalue weighted by molar-refractivity contribution is 0.415. The lowest BCUT2D eigenvalue weighted by atomic mass is 10.1. The Labute approximate surface area is 196 Å². The summed E-state index contributed by atoms with van der Waals surface area (Å²) in [5.41, 5.74) is 2.64. The van der Waals surface area contributed by atoms with Gasteiger partial charge in [0.2, 0.25) is 0 Å². The summed E-state index contributed by atoms with van der Waals surface area (Å²) in [5.74, 6) is 0.786. The Morgan fingerprint density at radius 3 is 2.67 bits per heavy atom. The normalized spacial score (nSPS) is 11.2. The van der Waals surface area contributed by atoms with Crippen molar-refractivity contribution in [2.75, 3.05) is 19.0 Å². The molecule has 0 aliphatic rings. The first-order valence-electron chi connectivity index (χ1n) is 11.1. The van der Waals surface area contributed by atoms with E-state index in [2.05, 4.69) is 10.3 Å². The van der Waals surface area contributed by atoms with Crippen LogP contribution in [0.1, 0.15) is 31.2 Å². The molecular formula is C25H27ClN4O3. The molecule has 33 heavy (non-hydrogen) atoms. The number of pyridine rings is 1. The number of hydrogen-bond acceptors (Lipinski definition) is 5. The third-order valence-electron chi connectivity index (χ3n) is 5.76. The van der Waals surface area contributed by atoms with Gasteiger partial charge in [0, 0.05) is 40.6 Å². The monoisotopic (exact) mass is 466 g/mol. The number of nitrogens with zero attached hydrogens (tertiary/aromatic N) is 2. The second-order valence-corrected chi connectivity index (χ2v) is 8.57. The van der Waals surface area contributed by atoms with Crippen LogP contribution in [0.25, 0.3) is 21.8 Å². The zero-order chi connectivity index (χ0) is 23.4. The largest absolute Gasteiger partial charge is 0.497 e. The van der Waals surface area contributed by atoms with Gasteiger partial charge in [-0.05, 0) is 56.2 Å². The Morgan fingerprint density at radius 1 is 1.03 bits per heavy atom. The molecule has 0 aliphatic heterocycles. The van der Waals surface area contributed by atoms with Crippen LogP contribution in [0.2, 0.25) is 5.02 Å². The molecule has 0 unspecified atom stereocenters. The van der Waals surface area contributed by atoms with Crippen molar-refractivity contribution in [3.63, 3.8) is 0 Å². The number of rotatable bonds is 9. The number of aromatic nitrogens is 3. The number of halogens is 1. The van der Waals surface area contributed by atoms with E-state index in [9.17, 15) is 9.59 Å². The summed E-state index contributed by atoms with van der Waals surface area (Å²) in [6, 6.07) is 11.6. The smallest absolute Gasteiger partial charge is 0.328 e. The number of methoxy groups -OCH3 is 1. The first kappa shape index (κ1) is 22.9. The lowest BCUT2D eigenvalue weighted by Crippen LogP contribution is -2.30. The number of unbranched alkanes of at least 4 members (excludes halogenated alkanes) is 3. The van der Waals surface area contributed by atoms with Crippen LogP contribution in [0, 0.1) is 6.92 Å². The van der Waals surface area contributed by atoms with Crippen molar-refractivity contribution in [3.05, 3.63) is 74.0 Å². The van der Waals surface area contributed by atoms with Crippen LogP contribution in [-0.2, 0) is 6.54 Å². The molecule has 0 aliphatic carbocycles. The molecule has 0 saturated carbocycles. The second kappa shape index (κ2) is 10.1. The van der Waals surface area contributed by atoms with Gasteiger partial charge in [0.15, 0.2) is 0 Å². The summed E-state index contributed by atoms with van der Waals surface area (Å²) < 4.78 is 6.99. The molecule has 0 radical (unpaired) electrons. The second-order valence-electron chi connectivity index (χ2n) is 8.14. The molecule has 8 heteroatoms. The molecule has 0 spiro atoms. The molecule has 0 bridgehead atoms. The summed E-state index contributed by atoms with van der Waals surface area (Å²) in [7, 11) is 1.66. The van der Waals surface area contributed by atoms with Crippen molar-refractivity contribution in [2.24, 2.45) is 0 Å². The molecule has 4 aromatic rings. The quantitative estimate of drug-likeness (QED) is 0.271. The van der Waals surface area contributed by atoms with Crippen LogP contribution < -0.4 is 21.3 Å². The average Bonchev–Trinajstić information content (AvgIpc) is 2.80. The highest BCUT2D eigenvalue weighted by Crippen LogP contribution is 2.34. The topological polar surface area (TPSA) is 89.0 Å². The zero-order valence-corrected chi connectivity index (χ0v) is 19.5. The van der Waals surface area contributed by atoms with Crippen LogP contribution in [0.5, 0.6) is 5.75 Å². The van der Waals surface area contributed by atoms with Gasteiger partial charge in [0.25, 0.3) is 5.56 Å². The number of ether oxygens (including phenoxy) is 1. The Bertz CT molecular complexity index is 1410. The standard InChI is InChI=1S/C25H27ClN4O3/c1-16-15-30(25(32)29-24(16)31)12-6-4-3-5-11-27-23-19-9-7-17(26)13-22(19)28-21-10-8-18(33-2)14-20(21)23/h7-10,13-15H,3-6,11-12H2,1-2H3,(H,27,28)(H,29,31,32). The van der Waals surface area contributed by atoms with Crippen molar-refractivity contribution in [2.45, 2.75) is 39.2 Å². The van der Waals surface area contributed by atoms with Crippen molar-refractivity contribution in [1.82, 2.24) is 14.5 Å². The van der Waals surface area contributed by atoms with Crippen LogP contribution in [-0.4, -0.2) is 28.2 Å². The zero-order valence-electron chi connectivity index (χ0n) is 18.8. The number of nitrogens with one attached hydrogen (secondary N) is 2. The molecule has 0 saturated heterocycles. The van der Waals surface area contributed by atoms with E-state index in [0.29, 0.717) is 17.1 Å². The van der Waals surface area contributed by atoms with Crippen LogP contribution in [0.15, 0.2) is 52.2 Å². The van der Waals surface area contributed by atoms with Gasteiger partial charge in [-0.3, -0.25) is 9.78 Å². The van der Waals surface area contributed by atoms with Gasteiger partial charge in [-0.1, -0.05) is 24.4 Å². The van der Waals surface area contributed by atoms with E-state index in [0.717, 1.165) is 65.5 Å². The molecule has 0 amide bonds. The molecule has 172 valence electrons. The van der Waals surface area contributed by atoms with Gasteiger partial charge in [0.05, 0.1) is 23.8 Å². The van der Waals surface area contributed by atoms with E-state index in [1.807, 2.05) is 36.4 Å². The minimum Gasteiger partial charge on any atom is -0.497 e. The van der Waals surface area contributed by atoms with E-state index >= 15 is 0 Å². The first-order chi connectivity index (χ1) is 16.0. The summed E-state index contributed by atoms with van der Waals surface area (Å²) in [6.07, 6.45) is 5.52. The van der Waals surface area contributed by atoms with Crippen LogP contribution >= 0.6 is 11.6 Å². The molecule has 2 aromatic carbocycles. The predicted molar refractivity (Wildman–Crippen MR) is 134 cm³/mol. The van der Waals surface area contributed by atoms with Gasteiger partial charge in [-0.25, -0.2) is 9.78 Å². The summed E-state index contributed by atoms with van der Waals surface area (Å²) >= 11 is 6.20. The fourth-order valence-corrected chi connectivity index (χ4v) is 4.14. The third-order valence-corrected chi connectivity index (χ3v) is 5.99. The minimum absolute atomic E-state index is 0.321. The Hall–Kier alpha value is -3.32. The molecule has 2 aromatic heterocycles. The highest BCUT2D eigenvalue weighted by molar-refractivity contribution is 6.31. The average molecular weight is 467 g/mol. The van der Waals surface area contributed by atoms with Crippen molar-refractivity contribution < 1.29 is 4.74 Å². The Balaban J connectivity index is 1.40. The molecule has 7 nitrogen and oxygen atoms in total. The summed E-state index contributed by atoms with van der Waals surface area (Å²) in [6.45, 7) is 3.12. The highest BCUT2D eigenvalue weighted by atomic mass is 35.5. The van der Waals surface area contributed by atoms with Gasteiger partial charge >= 0.3 is 5.69 Å². The molecule has 4 rings (SSSR count). The number of aromatic amines is 1. The highest BCUT2D eigenvalue weighted by Gasteiger charge is 2.11.